The standard InChI is InChI=1S/C24H21N3O/c25-18-12-8-16(9-13-18)20-4-3-5-21(17-10-14-19(26)15-11-17)24(20)28-23-7-2-1-6-22(23)27/h1-15H,25-27H2. The van der Waals surface area contributed by atoms with Gasteiger partial charge in [0.2, 0.25) is 0 Å². The van der Waals surface area contributed by atoms with Crippen LogP contribution in [0.4, 0.5) is 17.1 Å². The summed E-state index contributed by atoms with van der Waals surface area (Å²) in [7, 11) is 0. The van der Waals surface area contributed by atoms with Gasteiger partial charge in [-0.1, -0.05) is 54.6 Å². The minimum absolute atomic E-state index is 0.581. The largest absolute Gasteiger partial charge is 0.454 e. The van der Waals surface area contributed by atoms with Gasteiger partial charge in [0.25, 0.3) is 0 Å². The van der Waals surface area contributed by atoms with Gasteiger partial charge in [-0.2, -0.15) is 0 Å². The Kier molecular flexibility index (Phi) is 4.60. The zero-order valence-corrected chi connectivity index (χ0v) is 15.3. The average molecular weight is 367 g/mol. The Bertz CT molecular complexity index is 1040. The lowest BCUT2D eigenvalue weighted by Crippen LogP contribution is -1.96. The van der Waals surface area contributed by atoms with Gasteiger partial charge < -0.3 is 21.9 Å². The molecule has 28 heavy (non-hydrogen) atoms. The molecular weight excluding hydrogens is 346 g/mol. The number of anilines is 3. The highest BCUT2D eigenvalue weighted by Gasteiger charge is 2.15. The second kappa shape index (κ2) is 7.37. The molecule has 4 rings (SSSR count). The van der Waals surface area contributed by atoms with E-state index in [2.05, 4.69) is 0 Å². The van der Waals surface area contributed by atoms with Crippen molar-refractivity contribution in [1.82, 2.24) is 0 Å². The van der Waals surface area contributed by atoms with Crippen LogP contribution in [0.1, 0.15) is 0 Å². The van der Waals surface area contributed by atoms with Crippen molar-refractivity contribution in [2.75, 3.05) is 17.2 Å². The molecule has 0 heterocycles. The minimum Gasteiger partial charge on any atom is -0.454 e. The number of para-hydroxylation sites is 3. The molecule has 6 N–H and O–H groups in total. The van der Waals surface area contributed by atoms with Crippen LogP contribution in [-0.2, 0) is 0 Å². The molecule has 0 unspecified atom stereocenters. The monoisotopic (exact) mass is 367 g/mol. The van der Waals surface area contributed by atoms with Crippen LogP contribution in [0.15, 0.2) is 91.0 Å². The molecule has 4 aromatic carbocycles. The molecule has 0 aromatic heterocycles. The van der Waals surface area contributed by atoms with Crippen molar-refractivity contribution < 1.29 is 4.74 Å². The molecule has 0 saturated heterocycles. The highest BCUT2D eigenvalue weighted by molar-refractivity contribution is 5.84. The van der Waals surface area contributed by atoms with Crippen molar-refractivity contribution in [3.05, 3.63) is 91.0 Å². The second-order valence-electron chi connectivity index (χ2n) is 6.57. The molecule has 0 bridgehead atoms. The highest BCUT2D eigenvalue weighted by Crippen LogP contribution is 2.42. The van der Waals surface area contributed by atoms with Crippen molar-refractivity contribution in [2.24, 2.45) is 0 Å². The number of benzene rings is 4. The molecule has 4 aromatic rings. The van der Waals surface area contributed by atoms with Crippen molar-refractivity contribution in [2.45, 2.75) is 0 Å². The molecule has 4 heteroatoms. The summed E-state index contributed by atoms with van der Waals surface area (Å²) in [6.07, 6.45) is 0. The number of hydrogen-bond donors (Lipinski definition) is 3. The first-order valence-corrected chi connectivity index (χ1v) is 8.99. The van der Waals surface area contributed by atoms with Crippen LogP contribution in [0, 0.1) is 0 Å². The minimum atomic E-state index is 0.581. The Morgan fingerprint density at radius 3 is 1.50 bits per heavy atom. The van der Waals surface area contributed by atoms with Crippen LogP contribution in [0.3, 0.4) is 0 Å². The zero-order chi connectivity index (χ0) is 19.5. The Morgan fingerprint density at radius 1 is 0.500 bits per heavy atom. The molecule has 4 nitrogen and oxygen atoms in total. The number of hydrogen-bond acceptors (Lipinski definition) is 4. The summed E-state index contributed by atoms with van der Waals surface area (Å²) in [6.45, 7) is 0. The average Bonchev–Trinajstić information content (AvgIpc) is 2.71. The number of nitrogen functional groups attached to an aromatic ring is 3. The van der Waals surface area contributed by atoms with E-state index in [0.29, 0.717) is 22.8 Å². The van der Waals surface area contributed by atoms with Crippen LogP contribution >= 0.6 is 0 Å². The molecular formula is C24H21N3O. The fourth-order valence-electron chi connectivity index (χ4n) is 3.11. The topological polar surface area (TPSA) is 87.3 Å². The SMILES string of the molecule is Nc1ccc(-c2cccc(-c3ccc(N)cc3)c2Oc2ccccc2N)cc1. The third-order valence-corrected chi connectivity index (χ3v) is 4.59. The number of rotatable bonds is 4. The molecule has 0 amide bonds. The normalized spacial score (nSPS) is 10.6. The first-order chi connectivity index (χ1) is 13.6. The summed E-state index contributed by atoms with van der Waals surface area (Å²) in [6, 6.07) is 29.0. The van der Waals surface area contributed by atoms with E-state index in [1.807, 2.05) is 91.0 Å². The Hall–Kier alpha value is -3.92. The van der Waals surface area contributed by atoms with Gasteiger partial charge in [0.1, 0.15) is 11.5 Å². The van der Waals surface area contributed by atoms with Gasteiger partial charge >= 0.3 is 0 Å². The molecule has 0 aliphatic rings. The summed E-state index contributed by atoms with van der Waals surface area (Å²) < 4.78 is 6.35. The summed E-state index contributed by atoms with van der Waals surface area (Å²) in [4.78, 5) is 0. The predicted octanol–water partition coefficient (Wildman–Crippen LogP) is 5.56. The Morgan fingerprint density at radius 2 is 1.00 bits per heavy atom. The van der Waals surface area contributed by atoms with Crippen LogP contribution in [0.25, 0.3) is 22.3 Å². The van der Waals surface area contributed by atoms with E-state index in [4.69, 9.17) is 21.9 Å². The van der Waals surface area contributed by atoms with E-state index in [9.17, 15) is 0 Å². The lowest BCUT2D eigenvalue weighted by atomic mass is 9.97. The summed E-state index contributed by atoms with van der Waals surface area (Å²) in [5.41, 5.74) is 23.8. The number of nitrogens with two attached hydrogens (primary N) is 3. The third kappa shape index (κ3) is 3.48. The maximum Gasteiger partial charge on any atom is 0.150 e. The van der Waals surface area contributed by atoms with Gasteiger partial charge in [0.15, 0.2) is 0 Å². The molecule has 0 saturated carbocycles. The predicted molar refractivity (Wildman–Crippen MR) is 117 cm³/mol. The van der Waals surface area contributed by atoms with Crippen LogP contribution in [0.5, 0.6) is 11.5 Å². The van der Waals surface area contributed by atoms with Crippen LogP contribution < -0.4 is 21.9 Å². The van der Waals surface area contributed by atoms with E-state index < -0.39 is 0 Å². The first-order valence-electron chi connectivity index (χ1n) is 8.99. The lowest BCUT2D eigenvalue weighted by Gasteiger charge is -2.17. The molecule has 0 atom stereocenters. The van der Waals surface area contributed by atoms with Crippen molar-refractivity contribution in [3.63, 3.8) is 0 Å². The molecule has 0 spiro atoms. The van der Waals surface area contributed by atoms with Crippen molar-refractivity contribution >= 4 is 17.1 Å². The second-order valence-corrected chi connectivity index (χ2v) is 6.57. The maximum atomic E-state index is 6.35. The fourth-order valence-corrected chi connectivity index (χ4v) is 3.11. The van der Waals surface area contributed by atoms with Gasteiger partial charge in [-0.05, 0) is 47.5 Å². The number of ether oxygens (including phenoxy) is 1. The van der Waals surface area contributed by atoms with Crippen LogP contribution in [0.2, 0.25) is 0 Å². The first kappa shape index (κ1) is 17.5. The Labute approximate surface area is 164 Å². The van der Waals surface area contributed by atoms with Gasteiger partial charge in [0, 0.05) is 22.5 Å². The fraction of sp³-hybridized carbons (Fsp3) is 0. The molecule has 0 radical (unpaired) electrons. The van der Waals surface area contributed by atoms with Crippen molar-refractivity contribution in [1.29, 1.82) is 0 Å². The highest BCUT2D eigenvalue weighted by atomic mass is 16.5. The van der Waals surface area contributed by atoms with Crippen molar-refractivity contribution in [3.8, 4) is 33.8 Å². The van der Waals surface area contributed by atoms with E-state index in [1.165, 1.54) is 0 Å². The molecule has 0 aliphatic carbocycles. The van der Waals surface area contributed by atoms with E-state index in [0.717, 1.165) is 28.0 Å². The summed E-state index contributed by atoms with van der Waals surface area (Å²) >= 11 is 0. The van der Waals surface area contributed by atoms with Gasteiger partial charge in [-0.25, -0.2) is 0 Å². The van der Waals surface area contributed by atoms with E-state index in [-0.39, 0.29) is 0 Å². The summed E-state index contributed by atoms with van der Waals surface area (Å²) in [5.74, 6) is 1.34. The van der Waals surface area contributed by atoms with Crippen LogP contribution in [-0.4, -0.2) is 0 Å². The third-order valence-electron chi connectivity index (χ3n) is 4.59. The van der Waals surface area contributed by atoms with E-state index >= 15 is 0 Å². The Balaban J connectivity index is 1.91. The van der Waals surface area contributed by atoms with Gasteiger partial charge in [-0.15, -0.1) is 0 Å². The smallest absolute Gasteiger partial charge is 0.150 e. The molecule has 0 fully saturated rings. The van der Waals surface area contributed by atoms with E-state index in [1.54, 1.807) is 0 Å². The van der Waals surface area contributed by atoms with Gasteiger partial charge in [-0.3, -0.25) is 0 Å². The lowest BCUT2D eigenvalue weighted by molar-refractivity contribution is 0.488. The maximum absolute atomic E-state index is 6.35. The summed E-state index contributed by atoms with van der Waals surface area (Å²) in [5, 5.41) is 0. The van der Waals surface area contributed by atoms with Gasteiger partial charge in [0.05, 0.1) is 5.69 Å². The molecule has 138 valence electrons. The quantitative estimate of drug-likeness (QED) is 0.412. The zero-order valence-electron chi connectivity index (χ0n) is 15.3. The molecule has 0 aliphatic heterocycles.